The lowest BCUT2D eigenvalue weighted by atomic mass is 10.4. The maximum Gasteiger partial charge on any atom is 0.242 e. The van der Waals surface area contributed by atoms with Crippen LogP contribution in [0.3, 0.4) is 0 Å². The van der Waals surface area contributed by atoms with Crippen LogP contribution in [0, 0.1) is 0 Å². The van der Waals surface area contributed by atoms with Gasteiger partial charge >= 0.3 is 0 Å². The van der Waals surface area contributed by atoms with Crippen LogP contribution in [0.5, 0.6) is 0 Å². The van der Waals surface area contributed by atoms with Gasteiger partial charge in [-0.3, -0.25) is 0 Å². The van der Waals surface area contributed by atoms with Crippen molar-refractivity contribution in [2.24, 2.45) is 0 Å². The lowest BCUT2D eigenvalue weighted by Gasteiger charge is -2.09. The van der Waals surface area contributed by atoms with Gasteiger partial charge in [0, 0.05) is 12.6 Å². The zero-order chi connectivity index (χ0) is 13.9. The van der Waals surface area contributed by atoms with Gasteiger partial charge in [-0.2, -0.15) is 0 Å². The Hall–Kier alpha value is -0.330. The van der Waals surface area contributed by atoms with Crippen LogP contribution in [0.25, 0.3) is 0 Å². The Balaban J connectivity index is 1.88. The van der Waals surface area contributed by atoms with Crippen molar-refractivity contribution in [3.8, 4) is 0 Å². The van der Waals surface area contributed by atoms with Crippen molar-refractivity contribution in [3.63, 3.8) is 0 Å². The van der Waals surface area contributed by atoms with E-state index in [4.69, 9.17) is 23.2 Å². The predicted molar refractivity (Wildman–Crippen MR) is 77.3 cm³/mol. The molecule has 1 fully saturated rings. The number of benzene rings is 1. The van der Waals surface area contributed by atoms with E-state index >= 15 is 0 Å². The third kappa shape index (κ3) is 4.33. The first kappa shape index (κ1) is 15.1. The maximum atomic E-state index is 12.0. The van der Waals surface area contributed by atoms with Gasteiger partial charge in [0.15, 0.2) is 0 Å². The summed E-state index contributed by atoms with van der Waals surface area (Å²) < 4.78 is 26.6. The molecule has 0 radical (unpaired) electrons. The Morgan fingerprint density at radius 2 is 1.95 bits per heavy atom. The van der Waals surface area contributed by atoms with E-state index in [-0.39, 0.29) is 14.9 Å². The maximum absolute atomic E-state index is 12.0. The number of sulfonamides is 1. The molecule has 0 amide bonds. The molecular formula is C12H16Cl2N2O2S. The topological polar surface area (TPSA) is 58.2 Å². The summed E-state index contributed by atoms with van der Waals surface area (Å²) in [5, 5.41) is 3.62. The minimum absolute atomic E-state index is 0.0248. The zero-order valence-corrected chi connectivity index (χ0v) is 12.7. The van der Waals surface area contributed by atoms with Crippen molar-refractivity contribution >= 4 is 33.2 Å². The molecule has 19 heavy (non-hydrogen) atoms. The third-order valence-corrected chi connectivity index (χ3v) is 5.30. The highest BCUT2D eigenvalue weighted by Crippen LogP contribution is 2.28. The van der Waals surface area contributed by atoms with Crippen LogP contribution in [-0.4, -0.2) is 27.5 Å². The molecule has 0 spiro atoms. The van der Waals surface area contributed by atoms with Gasteiger partial charge in [0.2, 0.25) is 10.0 Å². The zero-order valence-electron chi connectivity index (χ0n) is 10.3. The summed E-state index contributed by atoms with van der Waals surface area (Å²) in [4.78, 5) is 0.0248. The van der Waals surface area contributed by atoms with Crippen LogP contribution in [0.4, 0.5) is 0 Å². The van der Waals surface area contributed by atoms with Gasteiger partial charge in [0.25, 0.3) is 0 Å². The van der Waals surface area contributed by atoms with Gasteiger partial charge in [-0.15, -0.1) is 0 Å². The standard InChI is InChI=1S/C12H16Cl2N2O2S/c13-10-3-1-4-11(12(10)14)19(17,18)16-8-2-7-15-9-5-6-9/h1,3-4,9,15-16H,2,5-8H2. The first-order valence-electron chi connectivity index (χ1n) is 6.18. The molecular weight excluding hydrogens is 307 g/mol. The molecule has 0 aliphatic heterocycles. The van der Waals surface area contributed by atoms with Crippen molar-refractivity contribution in [3.05, 3.63) is 28.2 Å². The van der Waals surface area contributed by atoms with Crippen LogP contribution in [0.2, 0.25) is 10.0 Å². The lowest BCUT2D eigenvalue weighted by Crippen LogP contribution is -2.28. The van der Waals surface area contributed by atoms with Gasteiger partial charge in [0.05, 0.1) is 10.0 Å². The quantitative estimate of drug-likeness (QED) is 0.758. The average Bonchev–Trinajstić information content (AvgIpc) is 3.16. The summed E-state index contributed by atoms with van der Waals surface area (Å²) in [6.07, 6.45) is 3.20. The number of hydrogen-bond donors (Lipinski definition) is 2. The first-order valence-corrected chi connectivity index (χ1v) is 8.41. The third-order valence-electron chi connectivity index (χ3n) is 2.86. The van der Waals surface area contributed by atoms with Gasteiger partial charge in [-0.1, -0.05) is 29.3 Å². The SMILES string of the molecule is O=S(=O)(NCCCNC1CC1)c1cccc(Cl)c1Cl. The van der Waals surface area contributed by atoms with Crippen LogP contribution < -0.4 is 10.0 Å². The molecule has 4 nitrogen and oxygen atoms in total. The number of rotatable bonds is 7. The number of nitrogens with one attached hydrogen (secondary N) is 2. The summed E-state index contributed by atoms with van der Waals surface area (Å²) in [6, 6.07) is 5.21. The van der Waals surface area contributed by atoms with E-state index in [9.17, 15) is 8.42 Å². The molecule has 0 heterocycles. The van der Waals surface area contributed by atoms with E-state index in [1.54, 1.807) is 12.1 Å². The van der Waals surface area contributed by atoms with Crippen LogP contribution in [0.15, 0.2) is 23.1 Å². The summed E-state index contributed by atoms with van der Waals surface area (Å²) >= 11 is 11.7. The molecule has 2 rings (SSSR count). The molecule has 106 valence electrons. The first-order chi connectivity index (χ1) is 9.00. The van der Waals surface area contributed by atoms with Gasteiger partial charge in [0.1, 0.15) is 4.90 Å². The Morgan fingerprint density at radius 1 is 1.21 bits per heavy atom. The molecule has 2 N–H and O–H groups in total. The molecule has 0 atom stereocenters. The molecule has 0 bridgehead atoms. The summed E-state index contributed by atoms with van der Waals surface area (Å²) in [6.45, 7) is 1.20. The largest absolute Gasteiger partial charge is 0.314 e. The molecule has 1 saturated carbocycles. The summed E-state index contributed by atoms with van der Waals surface area (Å²) in [5.41, 5.74) is 0. The van der Waals surface area contributed by atoms with Crippen LogP contribution in [0.1, 0.15) is 19.3 Å². The fraction of sp³-hybridized carbons (Fsp3) is 0.500. The van der Waals surface area contributed by atoms with Crippen molar-refractivity contribution in [2.45, 2.75) is 30.2 Å². The summed E-state index contributed by atoms with van der Waals surface area (Å²) in [7, 11) is -3.59. The Kier molecular flexibility index (Phi) is 5.09. The highest BCUT2D eigenvalue weighted by atomic mass is 35.5. The van der Waals surface area contributed by atoms with E-state index in [1.165, 1.54) is 18.9 Å². The second-order valence-electron chi connectivity index (χ2n) is 4.53. The fourth-order valence-electron chi connectivity index (χ4n) is 1.66. The van der Waals surface area contributed by atoms with E-state index in [0.29, 0.717) is 12.6 Å². The molecule has 0 unspecified atom stereocenters. The van der Waals surface area contributed by atoms with Gasteiger partial charge < -0.3 is 5.32 Å². The van der Waals surface area contributed by atoms with Crippen molar-refractivity contribution in [2.75, 3.05) is 13.1 Å². The Morgan fingerprint density at radius 3 is 2.63 bits per heavy atom. The normalized spacial score (nSPS) is 15.7. The molecule has 1 aromatic rings. The molecule has 1 aromatic carbocycles. The molecule has 0 aromatic heterocycles. The molecule has 7 heteroatoms. The van der Waals surface area contributed by atoms with Gasteiger partial charge in [-0.25, -0.2) is 13.1 Å². The summed E-state index contributed by atoms with van der Waals surface area (Å²) in [5.74, 6) is 0. The van der Waals surface area contributed by atoms with Gasteiger partial charge in [-0.05, 0) is 37.9 Å². The van der Waals surface area contributed by atoms with Crippen molar-refractivity contribution < 1.29 is 8.42 Å². The minimum Gasteiger partial charge on any atom is -0.314 e. The fourth-order valence-corrected chi connectivity index (χ4v) is 3.49. The second-order valence-corrected chi connectivity index (χ2v) is 7.05. The van der Waals surface area contributed by atoms with Crippen molar-refractivity contribution in [1.82, 2.24) is 10.0 Å². The molecule has 1 aliphatic carbocycles. The second kappa shape index (κ2) is 6.41. The average molecular weight is 323 g/mol. The number of hydrogen-bond acceptors (Lipinski definition) is 3. The highest BCUT2D eigenvalue weighted by molar-refractivity contribution is 7.89. The van der Waals surface area contributed by atoms with Crippen LogP contribution in [-0.2, 0) is 10.0 Å². The minimum atomic E-state index is -3.59. The Bertz CT molecular complexity index is 545. The highest BCUT2D eigenvalue weighted by Gasteiger charge is 2.20. The lowest BCUT2D eigenvalue weighted by molar-refractivity contribution is 0.573. The van der Waals surface area contributed by atoms with E-state index < -0.39 is 10.0 Å². The molecule has 1 aliphatic rings. The molecule has 0 saturated heterocycles. The number of halogens is 2. The van der Waals surface area contributed by atoms with E-state index in [2.05, 4.69) is 10.0 Å². The van der Waals surface area contributed by atoms with Crippen molar-refractivity contribution in [1.29, 1.82) is 0 Å². The monoisotopic (exact) mass is 322 g/mol. The Labute approximate surface area is 123 Å². The van der Waals surface area contributed by atoms with Crippen LogP contribution >= 0.6 is 23.2 Å². The predicted octanol–water partition coefficient (Wildman–Crippen LogP) is 2.41. The smallest absolute Gasteiger partial charge is 0.242 e. The van der Waals surface area contributed by atoms with E-state index in [1.807, 2.05) is 0 Å². The van der Waals surface area contributed by atoms with E-state index in [0.717, 1.165) is 13.0 Å².